The van der Waals surface area contributed by atoms with Gasteiger partial charge in [-0.1, -0.05) is 6.58 Å². The smallest absolute Gasteiger partial charge is 0.395 e. The lowest BCUT2D eigenvalue weighted by Gasteiger charge is -2.34. The summed E-state index contributed by atoms with van der Waals surface area (Å²) in [7, 11) is 0. The van der Waals surface area contributed by atoms with Crippen LogP contribution in [0.2, 0.25) is 0 Å². The van der Waals surface area contributed by atoms with Crippen LogP contribution in [0.1, 0.15) is 10.4 Å². The average molecular weight is 416 g/mol. The van der Waals surface area contributed by atoms with Crippen molar-refractivity contribution in [2.24, 2.45) is 0 Å². The minimum Gasteiger partial charge on any atom is -0.395 e. The predicted octanol–water partition coefficient (Wildman–Crippen LogP) is 2.49. The monoisotopic (exact) mass is 416 g/mol. The molecule has 1 aromatic carbocycles. The van der Waals surface area contributed by atoms with Gasteiger partial charge in [0.15, 0.2) is 11.5 Å². The average Bonchev–Trinajstić information content (AvgIpc) is 3.06. The van der Waals surface area contributed by atoms with Gasteiger partial charge < -0.3 is 24.6 Å². The summed E-state index contributed by atoms with van der Waals surface area (Å²) in [5.41, 5.74) is 0.592. The number of piperazine rings is 1. The Morgan fingerprint density at radius 2 is 1.83 bits per heavy atom. The Bertz CT molecular complexity index is 989. The molecule has 156 valence electrons. The van der Waals surface area contributed by atoms with Crippen LogP contribution in [0.3, 0.4) is 0 Å². The summed E-state index contributed by atoms with van der Waals surface area (Å²) < 4.78 is 34.9. The molecule has 10 heteroatoms. The van der Waals surface area contributed by atoms with E-state index in [-0.39, 0.29) is 23.0 Å². The molecule has 1 saturated heterocycles. The van der Waals surface area contributed by atoms with Crippen LogP contribution in [-0.2, 0) is 4.79 Å². The SMILES string of the molecule is C=CC(=O)N1CCN(c2ccc(NC(=O)c3ccc4c(c3)OC(F)(F)O4)cn2)CC1. The van der Waals surface area contributed by atoms with Crippen LogP contribution in [0.4, 0.5) is 20.3 Å². The van der Waals surface area contributed by atoms with Gasteiger partial charge in [0.2, 0.25) is 5.91 Å². The van der Waals surface area contributed by atoms with Gasteiger partial charge in [-0.3, -0.25) is 9.59 Å². The first-order chi connectivity index (χ1) is 14.3. The van der Waals surface area contributed by atoms with Crippen molar-refractivity contribution in [3.8, 4) is 11.5 Å². The number of rotatable bonds is 4. The largest absolute Gasteiger partial charge is 0.586 e. The normalized spacial score (nSPS) is 16.9. The molecule has 0 radical (unpaired) electrons. The zero-order chi connectivity index (χ0) is 21.3. The molecule has 2 amide bonds. The summed E-state index contributed by atoms with van der Waals surface area (Å²) in [6, 6.07) is 7.27. The summed E-state index contributed by atoms with van der Waals surface area (Å²) in [5, 5.41) is 2.66. The zero-order valence-electron chi connectivity index (χ0n) is 15.8. The molecule has 0 saturated carbocycles. The number of pyridine rings is 1. The van der Waals surface area contributed by atoms with E-state index in [4.69, 9.17) is 0 Å². The van der Waals surface area contributed by atoms with Gasteiger partial charge in [0.05, 0.1) is 11.9 Å². The molecule has 1 aromatic heterocycles. The Hall–Kier alpha value is -3.69. The summed E-state index contributed by atoms with van der Waals surface area (Å²) in [5.74, 6) is -0.188. The lowest BCUT2D eigenvalue weighted by molar-refractivity contribution is -0.286. The second-order valence-electron chi connectivity index (χ2n) is 6.70. The first-order valence-electron chi connectivity index (χ1n) is 9.18. The second kappa shape index (κ2) is 7.62. The minimum absolute atomic E-state index is 0.0899. The van der Waals surface area contributed by atoms with Crippen LogP contribution < -0.4 is 19.7 Å². The van der Waals surface area contributed by atoms with Gasteiger partial charge in [0.25, 0.3) is 5.91 Å². The van der Waals surface area contributed by atoms with E-state index >= 15 is 0 Å². The van der Waals surface area contributed by atoms with E-state index in [1.54, 1.807) is 17.0 Å². The minimum atomic E-state index is -3.73. The molecule has 30 heavy (non-hydrogen) atoms. The predicted molar refractivity (Wildman–Crippen MR) is 104 cm³/mol. The van der Waals surface area contributed by atoms with Gasteiger partial charge in [0.1, 0.15) is 5.82 Å². The fourth-order valence-electron chi connectivity index (χ4n) is 3.23. The third-order valence-electron chi connectivity index (χ3n) is 4.76. The zero-order valence-corrected chi connectivity index (χ0v) is 15.8. The molecule has 0 unspecified atom stereocenters. The number of hydrogen-bond acceptors (Lipinski definition) is 6. The number of aromatic nitrogens is 1. The number of hydrogen-bond donors (Lipinski definition) is 1. The van der Waals surface area contributed by atoms with Crippen LogP contribution >= 0.6 is 0 Å². The molecule has 0 atom stereocenters. The van der Waals surface area contributed by atoms with E-state index in [1.807, 2.05) is 4.90 Å². The fraction of sp³-hybridized carbons (Fsp3) is 0.250. The fourth-order valence-corrected chi connectivity index (χ4v) is 3.23. The number of amides is 2. The number of fused-ring (bicyclic) bond motifs is 1. The van der Waals surface area contributed by atoms with Gasteiger partial charge in [0, 0.05) is 31.7 Å². The molecule has 0 spiro atoms. The number of halogens is 2. The lowest BCUT2D eigenvalue weighted by atomic mass is 10.2. The molecular weight excluding hydrogens is 398 g/mol. The number of carbonyl (C=O) groups is 2. The van der Waals surface area contributed by atoms with Crippen LogP contribution in [0.5, 0.6) is 11.5 Å². The van der Waals surface area contributed by atoms with Crippen molar-refractivity contribution in [3.05, 3.63) is 54.7 Å². The van der Waals surface area contributed by atoms with Crippen molar-refractivity contribution in [1.29, 1.82) is 0 Å². The summed E-state index contributed by atoms with van der Waals surface area (Å²) in [4.78, 5) is 32.2. The van der Waals surface area contributed by atoms with Crippen molar-refractivity contribution < 1.29 is 27.8 Å². The van der Waals surface area contributed by atoms with Crippen molar-refractivity contribution in [2.75, 3.05) is 36.4 Å². The molecule has 3 heterocycles. The van der Waals surface area contributed by atoms with Crippen LogP contribution in [0.25, 0.3) is 0 Å². The number of benzene rings is 1. The number of nitrogens with zero attached hydrogens (tertiary/aromatic N) is 3. The molecule has 2 aromatic rings. The Labute approximate surface area is 170 Å². The summed E-state index contributed by atoms with van der Waals surface area (Å²) in [6.45, 7) is 5.93. The molecule has 2 aliphatic rings. The lowest BCUT2D eigenvalue weighted by Crippen LogP contribution is -2.48. The van der Waals surface area contributed by atoms with Crippen molar-refractivity contribution >= 4 is 23.3 Å². The number of ether oxygens (including phenoxy) is 2. The van der Waals surface area contributed by atoms with Crippen molar-refractivity contribution in [2.45, 2.75) is 6.29 Å². The third kappa shape index (κ3) is 4.02. The molecule has 0 bridgehead atoms. The first-order valence-corrected chi connectivity index (χ1v) is 9.18. The van der Waals surface area contributed by atoms with Gasteiger partial charge in [-0.25, -0.2) is 4.98 Å². The van der Waals surface area contributed by atoms with Crippen molar-refractivity contribution in [3.63, 3.8) is 0 Å². The van der Waals surface area contributed by atoms with E-state index in [0.717, 1.165) is 5.82 Å². The van der Waals surface area contributed by atoms with Gasteiger partial charge in [-0.15, -0.1) is 8.78 Å². The Kier molecular flexibility index (Phi) is 4.98. The van der Waals surface area contributed by atoms with E-state index in [2.05, 4.69) is 26.4 Å². The van der Waals surface area contributed by atoms with E-state index in [0.29, 0.717) is 31.9 Å². The van der Waals surface area contributed by atoms with Gasteiger partial charge in [-0.2, -0.15) is 0 Å². The van der Waals surface area contributed by atoms with E-state index in [1.165, 1.54) is 30.5 Å². The van der Waals surface area contributed by atoms with E-state index < -0.39 is 12.2 Å². The molecular formula is C20H18F2N4O4. The third-order valence-corrected chi connectivity index (χ3v) is 4.76. The maximum atomic E-state index is 13.1. The second-order valence-corrected chi connectivity index (χ2v) is 6.70. The molecule has 2 aliphatic heterocycles. The topological polar surface area (TPSA) is 84.0 Å². The molecule has 1 fully saturated rings. The van der Waals surface area contributed by atoms with Crippen LogP contribution in [0.15, 0.2) is 49.2 Å². The molecule has 1 N–H and O–H groups in total. The number of carbonyl (C=O) groups excluding carboxylic acids is 2. The highest BCUT2D eigenvalue weighted by molar-refractivity contribution is 6.04. The summed E-state index contributed by atoms with van der Waals surface area (Å²) >= 11 is 0. The standard InChI is InChI=1S/C20H18F2N4O4/c1-2-18(27)26-9-7-25(8-10-26)17-6-4-14(12-23-17)24-19(28)13-3-5-15-16(11-13)30-20(21,22)29-15/h2-6,11-12H,1,7-10H2,(H,24,28). The highest BCUT2D eigenvalue weighted by Crippen LogP contribution is 2.41. The van der Waals surface area contributed by atoms with Gasteiger partial charge in [-0.05, 0) is 36.4 Å². The highest BCUT2D eigenvalue weighted by atomic mass is 19.3. The molecule has 4 rings (SSSR count). The Morgan fingerprint density at radius 3 is 2.50 bits per heavy atom. The maximum absolute atomic E-state index is 13.1. The van der Waals surface area contributed by atoms with Gasteiger partial charge >= 0.3 is 6.29 Å². The Morgan fingerprint density at radius 1 is 1.10 bits per heavy atom. The van der Waals surface area contributed by atoms with Crippen LogP contribution in [-0.4, -0.2) is 54.2 Å². The number of alkyl halides is 2. The van der Waals surface area contributed by atoms with E-state index in [9.17, 15) is 18.4 Å². The van der Waals surface area contributed by atoms with Crippen LogP contribution in [0, 0.1) is 0 Å². The number of anilines is 2. The quantitative estimate of drug-likeness (QED) is 0.771. The Balaban J connectivity index is 1.37. The highest BCUT2D eigenvalue weighted by Gasteiger charge is 2.43. The molecule has 0 aliphatic carbocycles. The van der Waals surface area contributed by atoms with Crippen molar-refractivity contribution in [1.82, 2.24) is 9.88 Å². The maximum Gasteiger partial charge on any atom is 0.586 e. The number of nitrogens with one attached hydrogen (secondary N) is 1. The summed E-state index contributed by atoms with van der Waals surface area (Å²) in [6.07, 6.45) is -0.922. The molecule has 8 nitrogen and oxygen atoms in total. The first kappa shape index (κ1) is 19.6.